The van der Waals surface area contributed by atoms with Crippen LogP contribution in [0.5, 0.6) is 0 Å². The molecule has 0 bridgehead atoms. The Morgan fingerprint density at radius 3 is 2.47 bits per heavy atom. The topological polar surface area (TPSA) is 89.4 Å². The first-order chi connectivity index (χ1) is 16.7. The molecule has 5 aromatic rings. The number of tetrazole rings is 1. The average molecular weight is 451 g/mol. The first-order valence-corrected chi connectivity index (χ1v) is 11.6. The van der Waals surface area contributed by atoms with E-state index < -0.39 is 0 Å². The first-order valence-electron chi connectivity index (χ1n) is 11.6. The number of fused-ring (bicyclic) bond motifs is 1. The SMILES string of the molecule is CCCCc1nc2cccc(C)c2c(=O)n1Cc1ccc(-c2ccccc2-c2nn[nH]n2)cc1. The van der Waals surface area contributed by atoms with Crippen molar-refractivity contribution < 1.29 is 0 Å². The van der Waals surface area contributed by atoms with E-state index in [1.54, 1.807) is 0 Å². The number of aryl methyl sites for hydroxylation is 2. The Balaban J connectivity index is 1.52. The van der Waals surface area contributed by atoms with E-state index in [-0.39, 0.29) is 5.56 Å². The summed E-state index contributed by atoms with van der Waals surface area (Å²) >= 11 is 0. The van der Waals surface area contributed by atoms with Crippen molar-refractivity contribution >= 4 is 10.9 Å². The molecule has 5 rings (SSSR count). The third-order valence-corrected chi connectivity index (χ3v) is 6.14. The van der Waals surface area contributed by atoms with Crippen molar-refractivity contribution in [3.05, 3.63) is 94.0 Å². The van der Waals surface area contributed by atoms with Crippen LogP contribution in [0.25, 0.3) is 33.4 Å². The molecule has 1 N–H and O–H groups in total. The van der Waals surface area contributed by atoms with Crippen LogP contribution in [0, 0.1) is 6.92 Å². The third kappa shape index (κ3) is 4.12. The summed E-state index contributed by atoms with van der Waals surface area (Å²) in [6.45, 7) is 4.61. The van der Waals surface area contributed by atoms with Gasteiger partial charge in [0.25, 0.3) is 5.56 Å². The van der Waals surface area contributed by atoms with Crippen LogP contribution in [0.4, 0.5) is 0 Å². The fourth-order valence-electron chi connectivity index (χ4n) is 4.34. The second kappa shape index (κ2) is 9.39. The summed E-state index contributed by atoms with van der Waals surface area (Å²) in [5, 5.41) is 15.2. The van der Waals surface area contributed by atoms with Crippen LogP contribution in [0.15, 0.2) is 71.5 Å². The highest BCUT2D eigenvalue weighted by Crippen LogP contribution is 2.29. The highest BCUT2D eigenvalue weighted by molar-refractivity contribution is 5.81. The molecule has 0 aliphatic rings. The maximum atomic E-state index is 13.5. The van der Waals surface area contributed by atoms with Gasteiger partial charge in [-0.15, -0.1) is 10.2 Å². The lowest BCUT2D eigenvalue weighted by Gasteiger charge is -2.15. The molecule has 3 aromatic carbocycles. The van der Waals surface area contributed by atoms with Gasteiger partial charge in [-0.25, -0.2) is 4.98 Å². The number of aromatic nitrogens is 6. The Kier molecular flexibility index (Phi) is 5.99. The van der Waals surface area contributed by atoms with Gasteiger partial charge in [-0.3, -0.25) is 9.36 Å². The Bertz CT molecular complexity index is 1490. The molecule has 2 aromatic heterocycles. The molecule has 2 heterocycles. The Morgan fingerprint density at radius 2 is 1.74 bits per heavy atom. The van der Waals surface area contributed by atoms with E-state index in [2.05, 4.69) is 51.8 Å². The summed E-state index contributed by atoms with van der Waals surface area (Å²) in [4.78, 5) is 18.4. The van der Waals surface area contributed by atoms with E-state index in [0.717, 1.165) is 58.4 Å². The van der Waals surface area contributed by atoms with Crippen molar-refractivity contribution in [2.75, 3.05) is 0 Å². The maximum absolute atomic E-state index is 13.5. The average Bonchev–Trinajstić information content (AvgIpc) is 3.40. The van der Waals surface area contributed by atoms with Gasteiger partial charge in [-0.1, -0.05) is 74.0 Å². The minimum absolute atomic E-state index is 0.0285. The zero-order chi connectivity index (χ0) is 23.5. The fraction of sp³-hybridized carbons (Fsp3) is 0.222. The molecule has 0 aliphatic heterocycles. The quantitative estimate of drug-likeness (QED) is 0.379. The van der Waals surface area contributed by atoms with Gasteiger partial charge in [-0.2, -0.15) is 5.21 Å². The summed E-state index contributed by atoms with van der Waals surface area (Å²) in [6.07, 6.45) is 2.83. The molecule has 0 amide bonds. The van der Waals surface area contributed by atoms with Crippen LogP contribution in [0.2, 0.25) is 0 Å². The Morgan fingerprint density at radius 1 is 0.941 bits per heavy atom. The van der Waals surface area contributed by atoms with Crippen LogP contribution < -0.4 is 5.56 Å². The number of hydrogen-bond acceptors (Lipinski definition) is 5. The molecular formula is C27H26N6O. The van der Waals surface area contributed by atoms with E-state index in [9.17, 15) is 4.79 Å². The van der Waals surface area contributed by atoms with Crippen LogP contribution in [0.1, 0.15) is 36.7 Å². The third-order valence-electron chi connectivity index (χ3n) is 6.14. The van der Waals surface area contributed by atoms with Crippen LogP contribution in [-0.4, -0.2) is 30.2 Å². The van der Waals surface area contributed by atoms with E-state index in [1.807, 2.05) is 54.0 Å². The van der Waals surface area contributed by atoms with E-state index in [1.165, 1.54) is 0 Å². The number of rotatable bonds is 7. The highest BCUT2D eigenvalue weighted by atomic mass is 16.1. The molecule has 7 heteroatoms. The first kappa shape index (κ1) is 21.7. The summed E-state index contributed by atoms with van der Waals surface area (Å²) < 4.78 is 1.84. The zero-order valence-electron chi connectivity index (χ0n) is 19.3. The van der Waals surface area contributed by atoms with Crippen LogP contribution in [-0.2, 0) is 13.0 Å². The van der Waals surface area contributed by atoms with Gasteiger partial charge in [0.15, 0.2) is 0 Å². The predicted octanol–water partition coefficient (Wildman–Crippen LogP) is 4.94. The van der Waals surface area contributed by atoms with Crippen molar-refractivity contribution in [3.8, 4) is 22.5 Å². The summed E-state index contributed by atoms with van der Waals surface area (Å²) in [5.74, 6) is 1.40. The molecule has 0 aliphatic carbocycles. The molecule has 0 radical (unpaired) electrons. The second-order valence-electron chi connectivity index (χ2n) is 8.47. The molecule has 0 saturated heterocycles. The molecular weight excluding hydrogens is 424 g/mol. The normalized spacial score (nSPS) is 11.2. The van der Waals surface area contributed by atoms with Crippen molar-refractivity contribution in [1.29, 1.82) is 0 Å². The van der Waals surface area contributed by atoms with Gasteiger partial charge in [0.2, 0.25) is 5.82 Å². The van der Waals surface area contributed by atoms with Crippen molar-refractivity contribution in [2.45, 2.75) is 39.7 Å². The number of benzene rings is 3. The minimum Gasteiger partial charge on any atom is -0.292 e. The zero-order valence-corrected chi connectivity index (χ0v) is 19.3. The van der Waals surface area contributed by atoms with Crippen molar-refractivity contribution in [1.82, 2.24) is 30.2 Å². The summed E-state index contributed by atoms with van der Waals surface area (Å²) in [5.41, 5.74) is 5.81. The molecule has 0 unspecified atom stereocenters. The Hall–Kier alpha value is -4.13. The number of hydrogen-bond donors (Lipinski definition) is 1. The maximum Gasteiger partial charge on any atom is 0.261 e. The van der Waals surface area contributed by atoms with Gasteiger partial charge in [-0.05, 0) is 46.9 Å². The Labute approximate surface area is 197 Å². The van der Waals surface area contributed by atoms with Gasteiger partial charge in [0.1, 0.15) is 5.82 Å². The van der Waals surface area contributed by atoms with Crippen LogP contribution in [0.3, 0.4) is 0 Å². The molecule has 0 fully saturated rings. The largest absolute Gasteiger partial charge is 0.292 e. The molecule has 0 spiro atoms. The van der Waals surface area contributed by atoms with E-state index in [4.69, 9.17) is 4.98 Å². The summed E-state index contributed by atoms with van der Waals surface area (Å²) in [7, 11) is 0. The molecule has 170 valence electrons. The van der Waals surface area contributed by atoms with Gasteiger partial charge >= 0.3 is 0 Å². The smallest absolute Gasteiger partial charge is 0.261 e. The number of unbranched alkanes of at least 4 members (excludes halogenated alkanes) is 1. The van der Waals surface area contributed by atoms with Crippen molar-refractivity contribution in [2.24, 2.45) is 0 Å². The molecule has 7 nitrogen and oxygen atoms in total. The minimum atomic E-state index is 0.0285. The molecule has 34 heavy (non-hydrogen) atoms. The fourth-order valence-corrected chi connectivity index (χ4v) is 4.34. The number of nitrogens with one attached hydrogen (secondary N) is 1. The number of nitrogens with zero attached hydrogens (tertiary/aromatic N) is 5. The predicted molar refractivity (Wildman–Crippen MR) is 134 cm³/mol. The number of aromatic amines is 1. The lowest BCUT2D eigenvalue weighted by atomic mass is 9.98. The second-order valence-corrected chi connectivity index (χ2v) is 8.47. The van der Waals surface area contributed by atoms with E-state index >= 15 is 0 Å². The van der Waals surface area contributed by atoms with Gasteiger partial charge in [0, 0.05) is 12.0 Å². The summed E-state index contributed by atoms with van der Waals surface area (Å²) in [6, 6.07) is 22.1. The van der Waals surface area contributed by atoms with Gasteiger partial charge < -0.3 is 0 Å². The molecule has 0 atom stereocenters. The van der Waals surface area contributed by atoms with Gasteiger partial charge in [0.05, 0.1) is 17.4 Å². The highest BCUT2D eigenvalue weighted by Gasteiger charge is 2.14. The standard InChI is InChI=1S/C27H26N6O/c1-3-4-12-24-28-23-11-7-8-18(2)25(23)27(34)33(24)17-19-13-15-20(16-14-19)21-9-5-6-10-22(21)26-29-31-32-30-26/h5-11,13-16H,3-4,12,17H2,1-2H3,(H,29,30,31,32). The molecule has 0 saturated carbocycles. The monoisotopic (exact) mass is 450 g/mol. The van der Waals surface area contributed by atoms with E-state index in [0.29, 0.717) is 17.8 Å². The van der Waals surface area contributed by atoms with Crippen molar-refractivity contribution in [3.63, 3.8) is 0 Å². The number of H-pyrrole nitrogens is 1. The lowest BCUT2D eigenvalue weighted by molar-refractivity contribution is 0.646. The lowest BCUT2D eigenvalue weighted by Crippen LogP contribution is -2.26. The van der Waals surface area contributed by atoms with Crippen LogP contribution >= 0.6 is 0 Å².